The molecule has 1 saturated heterocycles. The maximum absolute atomic E-state index is 13.8. The Hall–Kier alpha value is -3.20. The van der Waals surface area contributed by atoms with Crippen molar-refractivity contribution in [3.8, 4) is 17.0 Å². The van der Waals surface area contributed by atoms with Crippen molar-refractivity contribution in [1.82, 2.24) is 14.9 Å². The molecule has 1 N–H and O–H groups in total. The summed E-state index contributed by atoms with van der Waals surface area (Å²) in [6.45, 7) is 2.37. The molecule has 9 heteroatoms. The number of carbonyl (C=O) groups is 1. The van der Waals surface area contributed by atoms with Crippen molar-refractivity contribution < 1.29 is 13.9 Å². The van der Waals surface area contributed by atoms with Crippen LogP contribution >= 0.6 is 15.9 Å². The fraction of sp³-hybridized carbons (Fsp3) is 0.227. The van der Waals surface area contributed by atoms with Crippen LogP contribution in [0.3, 0.4) is 0 Å². The average molecular weight is 486 g/mol. The Balaban J connectivity index is 1.43. The van der Waals surface area contributed by atoms with Crippen LogP contribution in [0.25, 0.3) is 11.3 Å². The van der Waals surface area contributed by atoms with E-state index >= 15 is 0 Å². The van der Waals surface area contributed by atoms with Crippen molar-refractivity contribution in [2.75, 3.05) is 43.5 Å². The molecule has 1 fully saturated rings. The van der Waals surface area contributed by atoms with Crippen LogP contribution < -0.4 is 15.0 Å². The topological polar surface area (TPSA) is 70.6 Å². The van der Waals surface area contributed by atoms with Gasteiger partial charge in [0.1, 0.15) is 23.7 Å². The number of amides is 2. The van der Waals surface area contributed by atoms with Crippen LogP contribution in [0.1, 0.15) is 0 Å². The van der Waals surface area contributed by atoms with Gasteiger partial charge in [0.15, 0.2) is 0 Å². The zero-order valence-electron chi connectivity index (χ0n) is 16.9. The Morgan fingerprint density at radius 2 is 1.90 bits per heavy atom. The van der Waals surface area contributed by atoms with E-state index in [1.807, 2.05) is 30.3 Å². The lowest BCUT2D eigenvalue weighted by Crippen LogP contribution is -2.50. The van der Waals surface area contributed by atoms with Crippen LogP contribution in [0.4, 0.5) is 20.7 Å². The van der Waals surface area contributed by atoms with E-state index in [9.17, 15) is 9.18 Å². The van der Waals surface area contributed by atoms with Crippen LogP contribution in [0.15, 0.2) is 59.3 Å². The summed E-state index contributed by atoms with van der Waals surface area (Å²) in [7, 11) is 1.54. The highest BCUT2D eigenvalue weighted by Gasteiger charge is 2.23. The van der Waals surface area contributed by atoms with Crippen molar-refractivity contribution in [1.29, 1.82) is 0 Å². The van der Waals surface area contributed by atoms with E-state index in [1.165, 1.54) is 25.6 Å². The molecule has 4 rings (SSSR count). The summed E-state index contributed by atoms with van der Waals surface area (Å²) >= 11 is 3.41. The maximum atomic E-state index is 13.8. The highest BCUT2D eigenvalue weighted by atomic mass is 79.9. The average Bonchev–Trinajstić information content (AvgIpc) is 2.79. The van der Waals surface area contributed by atoms with E-state index in [1.54, 1.807) is 11.0 Å². The van der Waals surface area contributed by atoms with Gasteiger partial charge in [0.25, 0.3) is 0 Å². The number of hydrogen-bond donors (Lipinski definition) is 1. The molecule has 2 amide bonds. The van der Waals surface area contributed by atoms with E-state index in [4.69, 9.17) is 4.74 Å². The number of urea groups is 1. The van der Waals surface area contributed by atoms with Gasteiger partial charge in [-0.3, -0.25) is 0 Å². The Morgan fingerprint density at radius 1 is 1.10 bits per heavy atom. The van der Waals surface area contributed by atoms with Gasteiger partial charge >= 0.3 is 6.03 Å². The van der Waals surface area contributed by atoms with Gasteiger partial charge < -0.3 is 19.9 Å². The number of piperazine rings is 1. The van der Waals surface area contributed by atoms with Gasteiger partial charge in [0, 0.05) is 48.0 Å². The molecular weight excluding hydrogens is 465 g/mol. The molecule has 1 aliphatic heterocycles. The van der Waals surface area contributed by atoms with Gasteiger partial charge in [-0.25, -0.2) is 19.2 Å². The third kappa shape index (κ3) is 4.93. The number of carbonyl (C=O) groups excluding carboxylic acids is 1. The van der Waals surface area contributed by atoms with E-state index in [0.717, 1.165) is 16.0 Å². The monoisotopic (exact) mass is 485 g/mol. The SMILES string of the molecule is COc1ccc(F)cc1-c1cc(N2CCN(C(=O)Nc3cccc(Br)c3)CC2)ncn1. The molecule has 0 bridgehead atoms. The van der Waals surface area contributed by atoms with E-state index in [0.29, 0.717) is 43.2 Å². The molecule has 7 nitrogen and oxygen atoms in total. The second-order valence-corrected chi connectivity index (χ2v) is 7.94. The van der Waals surface area contributed by atoms with E-state index in [2.05, 4.69) is 36.1 Å². The number of aromatic nitrogens is 2. The van der Waals surface area contributed by atoms with Gasteiger partial charge in [0.05, 0.1) is 12.8 Å². The predicted octanol–water partition coefficient (Wildman–Crippen LogP) is 4.41. The second kappa shape index (κ2) is 9.30. The molecule has 2 aromatic carbocycles. The molecule has 0 radical (unpaired) electrons. The van der Waals surface area contributed by atoms with Crippen LogP contribution in [-0.4, -0.2) is 54.2 Å². The Morgan fingerprint density at radius 3 is 2.65 bits per heavy atom. The summed E-state index contributed by atoms with van der Waals surface area (Å²) in [6.07, 6.45) is 1.46. The maximum Gasteiger partial charge on any atom is 0.321 e. The highest BCUT2D eigenvalue weighted by molar-refractivity contribution is 9.10. The summed E-state index contributed by atoms with van der Waals surface area (Å²) in [5.41, 5.74) is 1.89. The molecule has 0 aliphatic carbocycles. The lowest BCUT2D eigenvalue weighted by molar-refractivity contribution is 0.208. The normalized spacial score (nSPS) is 13.8. The third-order valence-electron chi connectivity index (χ3n) is 5.06. The minimum atomic E-state index is -0.360. The van der Waals surface area contributed by atoms with Gasteiger partial charge in [-0.2, -0.15) is 0 Å². The molecule has 1 aliphatic rings. The van der Waals surface area contributed by atoms with Crippen molar-refractivity contribution in [3.05, 3.63) is 65.1 Å². The number of halogens is 2. The number of nitrogens with one attached hydrogen (secondary N) is 1. The molecule has 0 atom stereocenters. The molecule has 3 aromatic rings. The lowest BCUT2D eigenvalue weighted by Gasteiger charge is -2.35. The summed E-state index contributed by atoms with van der Waals surface area (Å²) in [4.78, 5) is 25.1. The van der Waals surface area contributed by atoms with E-state index < -0.39 is 0 Å². The number of methoxy groups -OCH3 is 1. The van der Waals surface area contributed by atoms with Gasteiger partial charge in [0.2, 0.25) is 0 Å². The van der Waals surface area contributed by atoms with Crippen LogP contribution in [0.5, 0.6) is 5.75 Å². The fourth-order valence-electron chi connectivity index (χ4n) is 3.46. The number of nitrogens with zero attached hydrogens (tertiary/aromatic N) is 4. The number of benzene rings is 2. The zero-order valence-corrected chi connectivity index (χ0v) is 18.5. The van der Waals surface area contributed by atoms with Crippen molar-refractivity contribution in [2.45, 2.75) is 0 Å². The molecule has 160 valence electrons. The first-order valence-electron chi connectivity index (χ1n) is 9.76. The predicted molar refractivity (Wildman–Crippen MR) is 121 cm³/mol. The first-order chi connectivity index (χ1) is 15.0. The van der Waals surface area contributed by atoms with Crippen LogP contribution in [0.2, 0.25) is 0 Å². The third-order valence-corrected chi connectivity index (χ3v) is 5.55. The molecule has 0 unspecified atom stereocenters. The van der Waals surface area contributed by atoms with Crippen LogP contribution in [-0.2, 0) is 0 Å². The smallest absolute Gasteiger partial charge is 0.321 e. The minimum Gasteiger partial charge on any atom is -0.496 e. The number of rotatable bonds is 4. The molecule has 0 spiro atoms. The fourth-order valence-corrected chi connectivity index (χ4v) is 3.85. The first-order valence-corrected chi connectivity index (χ1v) is 10.5. The summed E-state index contributed by atoms with van der Waals surface area (Å²) in [6, 6.07) is 13.5. The molecule has 2 heterocycles. The van der Waals surface area contributed by atoms with Gasteiger partial charge in [-0.1, -0.05) is 22.0 Å². The molecule has 0 saturated carbocycles. The number of ether oxygens (including phenoxy) is 1. The van der Waals surface area contributed by atoms with Crippen molar-refractivity contribution in [3.63, 3.8) is 0 Å². The zero-order chi connectivity index (χ0) is 21.8. The van der Waals surface area contributed by atoms with Crippen molar-refractivity contribution >= 4 is 33.5 Å². The second-order valence-electron chi connectivity index (χ2n) is 7.02. The Kier molecular flexibility index (Phi) is 6.31. The number of hydrogen-bond acceptors (Lipinski definition) is 5. The molecular formula is C22H21BrFN5O2. The number of anilines is 2. The quantitative estimate of drug-likeness (QED) is 0.592. The standard InChI is InChI=1S/C22H21BrFN5O2/c1-31-20-6-5-16(24)12-18(20)19-13-21(26-14-25-19)28-7-9-29(10-8-28)22(30)27-17-4-2-3-15(23)11-17/h2-6,11-14H,7-10H2,1H3,(H,27,30). The van der Waals surface area contributed by atoms with E-state index in [-0.39, 0.29) is 11.8 Å². The summed E-state index contributed by atoms with van der Waals surface area (Å²) in [5.74, 6) is 0.907. The molecule has 31 heavy (non-hydrogen) atoms. The minimum absolute atomic E-state index is 0.134. The van der Waals surface area contributed by atoms with Gasteiger partial charge in [-0.15, -0.1) is 0 Å². The van der Waals surface area contributed by atoms with Crippen molar-refractivity contribution in [2.24, 2.45) is 0 Å². The Bertz CT molecular complexity index is 1090. The van der Waals surface area contributed by atoms with Crippen LogP contribution in [0, 0.1) is 5.82 Å². The Labute approximate surface area is 188 Å². The highest BCUT2D eigenvalue weighted by Crippen LogP contribution is 2.30. The van der Waals surface area contributed by atoms with Gasteiger partial charge in [-0.05, 0) is 36.4 Å². The molecule has 1 aromatic heterocycles. The lowest BCUT2D eigenvalue weighted by atomic mass is 10.1. The first kappa shape index (κ1) is 21.0. The summed E-state index contributed by atoms with van der Waals surface area (Å²) in [5, 5.41) is 2.92. The largest absolute Gasteiger partial charge is 0.496 e. The summed E-state index contributed by atoms with van der Waals surface area (Å²) < 4.78 is 20.0.